The number of nitrogens with one attached hydrogen (secondary N) is 1. The van der Waals surface area contributed by atoms with Crippen molar-refractivity contribution in [3.8, 4) is 11.1 Å². The molecular formula is C30H31BClNO4. The van der Waals surface area contributed by atoms with E-state index in [1.54, 1.807) is 0 Å². The topological polar surface area (TPSA) is 56.8 Å². The van der Waals surface area contributed by atoms with E-state index in [4.69, 9.17) is 25.6 Å². The molecule has 0 unspecified atom stereocenters. The average molecular weight is 516 g/mol. The molecule has 0 bridgehead atoms. The lowest BCUT2D eigenvalue weighted by Crippen LogP contribution is -2.41. The summed E-state index contributed by atoms with van der Waals surface area (Å²) >= 11 is 6.20. The summed E-state index contributed by atoms with van der Waals surface area (Å²) in [5.41, 5.74) is 5.40. The van der Waals surface area contributed by atoms with Crippen molar-refractivity contribution in [1.82, 2.24) is 5.32 Å². The van der Waals surface area contributed by atoms with Crippen LogP contribution in [-0.4, -0.2) is 37.6 Å². The maximum absolute atomic E-state index is 12.8. The van der Waals surface area contributed by atoms with Crippen LogP contribution in [0.4, 0.5) is 4.79 Å². The quantitative estimate of drug-likeness (QED) is 0.363. The second-order valence-electron chi connectivity index (χ2n) is 10.5. The van der Waals surface area contributed by atoms with Crippen molar-refractivity contribution in [2.24, 2.45) is 0 Å². The van der Waals surface area contributed by atoms with Crippen molar-refractivity contribution >= 4 is 30.9 Å². The molecule has 3 aromatic rings. The Morgan fingerprint density at radius 2 is 1.54 bits per heavy atom. The highest BCUT2D eigenvalue weighted by atomic mass is 35.5. The van der Waals surface area contributed by atoms with Gasteiger partial charge in [-0.05, 0) is 73.1 Å². The molecule has 0 saturated carbocycles. The summed E-state index contributed by atoms with van der Waals surface area (Å²) in [5.74, 6) is 0.00252. The van der Waals surface area contributed by atoms with Crippen LogP contribution in [0, 0.1) is 0 Å². The molecule has 1 aliphatic heterocycles. The number of carbonyl (C=O) groups excluding carboxylic acids is 1. The molecule has 3 aromatic carbocycles. The molecule has 1 heterocycles. The molecule has 7 heteroatoms. The van der Waals surface area contributed by atoms with Gasteiger partial charge in [0.15, 0.2) is 0 Å². The van der Waals surface area contributed by atoms with Gasteiger partial charge in [-0.25, -0.2) is 4.79 Å². The maximum Gasteiger partial charge on any atom is 0.492 e. The summed E-state index contributed by atoms with van der Waals surface area (Å²) < 4.78 is 18.3. The molecule has 190 valence electrons. The Balaban J connectivity index is 1.29. The highest BCUT2D eigenvalue weighted by Crippen LogP contribution is 2.44. The average Bonchev–Trinajstić information content (AvgIpc) is 3.29. The minimum absolute atomic E-state index is 0.00252. The zero-order valence-corrected chi connectivity index (χ0v) is 22.3. The van der Waals surface area contributed by atoms with Gasteiger partial charge in [-0.2, -0.15) is 0 Å². The van der Waals surface area contributed by atoms with Crippen LogP contribution < -0.4 is 5.32 Å². The van der Waals surface area contributed by atoms with E-state index in [0.29, 0.717) is 5.02 Å². The van der Waals surface area contributed by atoms with E-state index in [9.17, 15) is 4.79 Å². The molecule has 37 heavy (non-hydrogen) atoms. The Bertz CT molecular complexity index is 1290. The summed E-state index contributed by atoms with van der Waals surface area (Å²) in [4.78, 5) is 12.8. The molecule has 5 rings (SSSR count). The lowest BCUT2D eigenvalue weighted by molar-refractivity contribution is 0.00578. The fraction of sp³-hybridized carbons (Fsp3) is 0.300. The summed E-state index contributed by atoms with van der Waals surface area (Å²) in [6, 6.07) is 24.1. The number of amides is 1. The highest BCUT2D eigenvalue weighted by Gasteiger charge is 2.52. The van der Waals surface area contributed by atoms with Gasteiger partial charge in [0.2, 0.25) is 0 Å². The van der Waals surface area contributed by atoms with Crippen molar-refractivity contribution in [2.45, 2.75) is 44.8 Å². The molecule has 1 fully saturated rings. The minimum Gasteiger partial charge on any atom is -0.449 e. The molecule has 1 amide bonds. The van der Waals surface area contributed by atoms with Crippen LogP contribution in [0.1, 0.15) is 50.3 Å². The molecule has 5 nitrogen and oxygen atoms in total. The molecule has 1 saturated heterocycles. The second kappa shape index (κ2) is 10.0. The van der Waals surface area contributed by atoms with Gasteiger partial charge in [0, 0.05) is 17.5 Å². The number of alkyl carbamates (subject to hydrolysis) is 1. The number of rotatable bonds is 6. The van der Waals surface area contributed by atoms with Gasteiger partial charge >= 0.3 is 13.2 Å². The molecule has 0 aromatic heterocycles. The van der Waals surface area contributed by atoms with Crippen LogP contribution in [0.3, 0.4) is 0 Å². The zero-order valence-electron chi connectivity index (χ0n) is 21.6. The van der Waals surface area contributed by atoms with Crippen LogP contribution in [0.2, 0.25) is 5.02 Å². The fourth-order valence-electron chi connectivity index (χ4n) is 4.83. The number of ether oxygens (including phenoxy) is 1. The van der Waals surface area contributed by atoms with Gasteiger partial charge in [0.25, 0.3) is 0 Å². The molecule has 1 N–H and O–H groups in total. The Kier molecular flexibility index (Phi) is 6.92. The van der Waals surface area contributed by atoms with Crippen LogP contribution in [0.15, 0.2) is 78.3 Å². The third-order valence-electron chi connectivity index (χ3n) is 7.54. The van der Waals surface area contributed by atoms with Gasteiger partial charge < -0.3 is 19.4 Å². The van der Waals surface area contributed by atoms with Gasteiger partial charge in [-0.3, -0.25) is 0 Å². The first-order chi connectivity index (χ1) is 17.6. The molecular weight excluding hydrogens is 485 g/mol. The molecule has 0 radical (unpaired) electrons. The van der Waals surface area contributed by atoms with Crippen molar-refractivity contribution in [1.29, 1.82) is 0 Å². The lowest BCUT2D eigenvalue weighted by atomic mass is 9.77. The van der Waals surface area contributed by atoms with Crippen LogP contribution in [0.5, 0.6) is 0 Å². The van der Waals surface area contributed by atoms with Gasteiger partial charge in [0.1, 0.15) is 6.61 Å². The first kappa shape index (κ1) is 25.6. The predicted octanol–water partition coefficient (Wildman–Crippen LogP) is 6.89. The number of fused-ring (bicyclic) bond motifs is 3. The number of hydrogen-bond acceptors (Lipinski definition) is 4. The van der Waals surface area contributed by atoms with Gasteiger partial charge in [-0.15, -0.1) is 0 Å². The summed E-state index contributed by atoms with van der Waals surface area (Å²) in [7, 11) is -0.613. The van der Waals surface area contributed by atoms with Crippen molar-refractivity contribution in [3.63, 3.8) is 0 Å². The van der Waals surface area contributed by atoms with E-state index in [2.05, 4.69) is 29.6 Å². The molecule has 0 atom stereocenters. The monoisotopic (exact) mass is 515 g/mol. The Hall–Kier alpha value is -3.06. The van der Waals surface area contributed by atoms with Gasteiger partial charge in [0.05, 0.1) is 11.2 Å². The zero-order chi connectivity index (χ0) is 26.2. The normalized spacial score (nSPS) is 17.9. The lowest BCUT2D eigenvalue weighted by Gasteiger charge is -2.32. The second-order valence-corrected chi connectivity index (χ2v) is 11.0. The van der Waals surface area contributed by atoms with E-state index in [1.165, 1.54) is 22.3 Å². The number of hydrogen-bond donors (Lipinski definition) is 1. The van der Waals surface area contributed by atoms with Crippen molar-refractivity contribution in [3.05, 3.63) is 100.0 Å². The van der Waals surface area contributed by atoms with E-state index >= 15 is 0 Å². The third-order valence-corrected chi connectivity index (χ3v) is 7.77. The SMILES string of the molecule is CC1(C)OB(C(=Cc2cccc(Cl)c2)CNC(=O)OCC2c3ccccc3-c3ccccc32)OC1(C)C. The predicted molar refractivity (Wildman–Crippen MR) is 149 cm³/mol. The van der Waals surface area contributed by atoms with Crippen LogP contribution in [-0.2, 0) is 14.0 Å². The minimum atomic E-state index is -0.613. The van der Waals surface area contributed by atoms with Crippen molar-refractivity contribution in [2.75, 3.05) is 13.2 Å². The molecule has 1 aliphatic carbocycles. The third kappa shape index (κ3) is 5.19. The Morgan fingerprint density at radius 3 is 2.14 bits per heavy atom. The number of carbonyl (C=O) groups is 1. The first-order valence-corrected chi connectivity index (χ1v) is 12.9. The fourth-order valence-corrected chi connectivity index (χ4v) is 5.03. The maximum atomic E-state index is 12.8. The summed E-state index contributed by atoms with van der Waals surface area (Å²) in [5, 5.41) is 3.53. The van der Waals surface area contributed by atoms with E-state index in [-0.39, 0.29) is 19.1 Å². The van der Waals surface area contributed by atoms with Crippen molar-refractivity contribution < 1.29 is 18.8 Å². The van der Waals surface area contributed by atoms with Crippen LogP contribution >= 0.6 is 11.6 Å². The molecule has 0 spiro atoms. The first-order valence-electron chi connectivity index (χ1n) is 12.6. The Morgan fingerprint density at radius 1 is 0.946 bits per heavy atom. The highest BCUT2D eigenvalue weighted by molar-refractivity contribution is 6.56. The Labute approximate surface area is 223 Å². The number of benzene rings is 3. The summed E-state index contributed by atoms with van der Waals surface area (Å²) in [6.45, 7) is 8.47. The molecule has 2 aliphatic rings. The van der Waals surface area contributed by atoms with E-state index in [0.717, 1.165) is 11.0 Å². The van der Waals surface area contributed by atoms with Crippen LogP contribution in [0.25, 0.3) is 17.2 Å². The largest absolute Gasteiger partial charge is 0.492 e. The smallest absolute Gasteiger partial charge is 0.449 e. The van der Waals surface area contributed by atoms with Gasteiger partial charge in [-0.1, -0.05) is 78.3 Å². The van der Waals surface area contributed by atoms with E-state index < -0.39 is 24.4 Å². The van der Waals surface area contributed by atoms with E-state index in [1.807, 2.05) is 82.3 Å². The summed E-state index contributed by atoms with van der Waals surface area (Å²) in [6.07, 6.45) is 1.45. The standard InChI is InChI=1S/C30H31BClNO4/c1-29(2)30(3,4)37-31(36-29)21(16-20-10-9-11-22(32)17-20)18-33-28(34)35-19-27-25-14-7-5-12-23(25)24-13-6-8-15-26(24)27/h5-17,27H,18-19H2,1-4H3,(H,33,34). The number of halogens is 1.